The quantitative estimate of drug-likeness (QED) is 0.848. The second-order valence-corrected chi connectivity index (χ2v) is 3.63. The van der Waals surface area contributed by atoms with E-state index in [2.05, 4.69) is 15.5 Å². The van der Waals surface area contributed by atoms with Crippen molar-refractivity contribution in [2.45, 2.75) is 6.92 Å². The Labute approximate surface area is 98.8 Å². The van der Waals surface area contributed by atoms with Gasteiger partial charge in [0, 0.05) is 6.07 Å². The van der Waals surface area contributed by atoms with Gasteiger partial charge in [-0.2, -0.15) is 5.10 Å². The van der Waals surface area contributed by atoms with Gasteiger partial charge in [0.25, 0.3) is 5.91 Å². The average molecular weight is 231 g/mol. The molecule has 2 rings (SSSR count). The SMILES string of the molecule is COc1ccc(C)cc1C(=O)Nc1ccn[nH]1. The molecule has 0 fully saturated rings. The van der Waals surface area contributed by atoms with E-state index in [0.29, 0.717) is 17.1 Å². The lowest BCUT2D eigenvalue weighted by atomic mass is 10.1. The summed E-state index contributed by atoms with van der Waals surface area (Å²) in [5.41, 5.74) is 1.50. The van der Waals surface area contributed by atoms with Crippen molar-refractivity contribution in [2.75, 3.05) is 12.4 Å². The van der Waals surface area contributed by atoms with Crippen LogP contribution in [0.15, 0.2) is 30.5 Å². The zero-order valence-corrected chi connectivity index (χ0v) is 9.65. The number of methoxy groups -OCH3 is 1. The largest absolute Gasteiger partial charge is 0.496 e. The lowest BCUT2D eigenvalue weighted by Crippen LogP contribution is -2.13. The van der Waals surface area contributed by atoms with Crippen LogP contribution in [0.2, 0.25) is 0 Å². The van der Waals surface area contributed by atoms with Gasteiger partial charge >= 0.3 is 0 Å². The number of carbonyl (C=O) groups excluding carboxylic acids is 1. The number of nitrogens with zero attached hydrogens (tertiary/aromatic N) is 1. The molecule has 0 saturated carbocycles. The molecule has 1 amide bonds. The first-order valence-electron chi connectivity index (χ1n) is 5.16. The van der Waals surface area contributed by atoms with Crippen LogP contribution in [0.1, 0.15) is 15.9 Å². The summed E-state index contributed by atoms with van der Waals surface area (Å²) < 4.78 is 5.15. The third-order valence-electron chi connectivity index (χ3n) is 2.35. The van der Waals surface area contributed by atoms with Crippen LogP contribution >= 0.6 is 0 Å². The first kappa shape index (κ1) is 11.2. The molecule has 5 nitrogen and oxygen atoms in total. The van der Waals surface area contributed by atoms with Gasteiger partial charge in [-0.1, -0.05) is 11.6 Å². The maximum Gasteiger partial charge on any atom is 0.260 e. The molecule has 1 aromatic carbocycles. The fourth-order valence-corrected chi connectivity index (χ4v) is 1.51. The molecule has 1 aromatic heterocycles. The molecule has 0 atom stereocenters. The second kappa shape index (κ2) is 4.69. The molecule has 88 valence electrons. The number of benzene rings is 1. The fraction of sp³-hybridized carbons (Fsp3) is 0.167. The Bertz CT molecular complexity index is 521. The molecule has 0 unspecified atom stereocenters. The van der Waals surface area contributed by atoms with Crippen LogP contribution in [0.25, 0.3) is 0 Å². The number of aromatic amines is 1. The number of H-pyrrole nitrogens is 1. The van der Waals surface area contributed by atoms with Crippen LogP contribution in [0.4, 0.5) is 5.82 Å². The van der Waals surface area contributed by atoms with Gasteiger partial charge in [-0.25, -0.2) is 0 Å². The van der Waals surface area contributed by atoms with Crippen LogP contribution in [-0.2, 0) is 0 Å². The highest BCUT2D eigenvalue weighted by Crippen LogP contribution is 2.20. The van der Waals surface area contributed by atoms with Gasteiger partial charge in [-0.05, 0) is 19.1 Å². The van der Waals surface area contributed by atoms with Gasteiger partial charge in [0.1, 0.15) is 11.6 Å². The lowest BCUT2D eigenvalue weighted by Gasteiger charge is -2.08. The Morgan fingerprint density at radius 1 is 1.41 bits per heavy atom. The molecule has 0 bridgehead atoms. The molecular weight excluding hydrogens is 218 g/mol. The number of aromatic nitrogens is 2. The summed E-state index contributed by atoms with van der Waals surface area (Å²) in [5, 5.41) is 9.13. The van der Waals surface area contributed by atoms with E-state index in [-0.39, 0.29) is 5.91 Å². The van der Waals surface area contributed by atoms with Gasteiger partial charge in [-0.3, -0.25) is 9.89 Å². The number of rotatable bonds is 3. The maximum atomic E-state index is 12.0. The molecule has 2 aromatic rings. The van der Waals surface area contributed by atoms with Gasteiger partial charge < -0.3 is 10.1 Å². The van der Waals surface area contributed by atoms with E-state index >= 15 is 0 Å². The number of anilines is 1. The summed E-state index contributed by atoms with van der Waals surface area (Å²) in [4.78, 5) is 12.0. The summed E-state index contributed by atoms with van der Waals surface area (Å²) >= 11 is 0. The van der Waals surface area contributed by atoms with Gasteiger partial charge in [0.2, 0.25) is 0 Å². The van der Waals surface area contributed by atoms with Gasteiger partial charge in [0.05, 0.1) is 18.9 Å². The minimum atomic E-state index is -0.227. The first-order valence-corrected chi connectivity index (χ1v) is 5.16. The number of carbonyl (C=O) groups is 1. The minimum Gasteiger partial charge on any atom is -0.496 e. The Balaban J connectivity index is 2.26. The summed E-state index contributed by atoms with van der Waals surface area (Å²) in [7, 11) is 1.54. The fourth-order valence-electron chi connectivity index (χ4n) is 1.51. The number of hydrogen-bond donors (Lipinski definition) is 2. The topological polar surface area (TPSA) is 67.0 Å². The molecule has 5 heteroatoms. The Morgan fingerprint density at radius 2 is 2.24 bits per heavy atom. The molecule has 17 heavy (non-hydrogen) atoms. The highest BCUT2D eigenvalue weighted by atomic mass is 16.5. The van der Waals surface area contributed by atoms with Gasteiger partial charge in [0.15, 0.2) is 0 Å². The standard InChI is InChI=1S/C12H13N3O2/c1-8-3-4-10(17-2)9(7-8)12(16)14-11-5-6-13-15-11/h3-7H,1-2H3,(H2,13,14,15,16). The predicted octanol–water partition coefficient (Wildman–Crippen LogP) is 1.98. The van der Waals surface area contributed by atoms with Crippen LogP contribution in [-0.4, -0.2) is 23.2 Å². The first-order chi connectivity index (χ1) is 8.20. The van der Waals surface area contributed by atoms with Crippen molar-refractivity contribution in [3.63, 3.8) is 0 Å². The molecule has 0 radical (unpaired) electrons. The summed E-state index contributed by atoms with van der Waals surface area (Å²) in [5.74, 6) is 0.876. The highest BCUT2D eigenvalue weighted by Gasteiger charge is 2.12. The molecule has 2 N–H and O–H groups in total. The molecule has 0 aliphatic rings. The number of hydrogen-bond acceptors (Lipinski definition) is 3. The Kier molecular flexibility index (Phi) is 3.09. The van der Waals surface area contributed by atoms with Gasteiger partial charge in [-0.15, -0.1) is 0 Å². The van der Waals surface area contributed by atoms with E-state index in [4.69, 9.17) is 4.74 Å². The third kappa shape index (κ3) is 2.44. The van der Waals surface area contributed by atoms with Crippen LogP contribution in [0.5, 0.6) is 5.75 Å². The van der Waals surface area contributed by atoms with E-state index in [1.54, 1.807) is 24.4 Å². The summed E-state index contributed by atoms with van der Waals surface area (Å²) in [6.45, 7) is 1.92. The van der Waals surface area contributed by atoms with E-state index < -0.39 is 0 Å². The Hall–Kier alpha value is -2.30. The zero-order valence-electron chi connectivity index (χ0n) is 9.65. The van der Waals surface area contributed by atoms with Crippen molar-refractivity contribution < 1.29 is 9.53 Å². The van der Waals surface area contributed by atoms with Crippen molar-refractivity contribution in [3.8, 4) is 5.75 Å². The summed E-state index contributed by atoms with van der Waals surface area (Å²) in [6, 6.07) is 7.13. The summed E-state index contributed by atoms with van der Waals surface area (Å²) in [6.07, 6.45) is 1.57. The molecule has 0 saturated heterocycles. The van der Waals surface area contributed by atoms with E-state index in [1.165, 1.54) is 7.11 Å². The number of amides is 1. The third-order valence-corrected chi connectivity index (χ3v) is 2.35. The van der Waals surface area contributed by atoms with Crippen LogP contribution < -0.4 is 10.1 Å². The molecular formula is C12H13N3O2. The zero-order chi connectivity index (χ0) is 12.3. The molecule has 0 aliphatic heterocycles. The van der Waals surface area contributed by atoms with Crippen molar-refractivity contribution in [1.29, 1.82) is 0 Å². The van der Waals surface area contributed by atoms with E-state index in [1.807, 2.05) is 13.0 Å². The number of aryl methyl sites for hydroxylation is 1. The van der Waals surface area contributed by atoms with Crippen molar-refractivity contribution >= 4 is 11.7 Å². The second-order valence-electron chi connectivity index (χ2n) is 3.63. The predicted molar refractivity (Wildman–Crippen MR) is 64.3 cm³/mol. The number of ether oxygens (including phenoxy) is 1. The van der Waals surface area contributed by atoms with Crippen LogP contribution in [0.3, 0.4) is 0 Å². The maximum absolute atomic E-state index is 12.0. The minimum absolute atomic E-state index is 0.227. The molecule has 0 spiro atoms. The molecule has 0 aliphatic carbocycles. The molecule has 1 heterocycles. The van der Waals surface area contributed by atoms with E-state index in [0.717, 1.165) is 5.56 Å². The number of nitrogens with one attached hydrogen (secondary N) is 2. The average Bonchev–Trinajstić information content (AvgIpc) is 2.81. The van der Waals surface area contributed by atoms with Crippen molar-refractivity contribution in [2.24, 2.45) is 0 Å². The normalized spacial score (nSPS) is 10.0. The van der Waals surface area contributed by atoms with Crippen LogP contribution in [0, 0.1) is 6.92 Å². The monoisotopic (exact) mass is 231 g/mol. The van der Waals surface area contributed by atoms with E-state index in [9.17, 15) is 4.79 Å². The Morgan fingerprint density at radius 3 is 2.88 bits per heavy atom. The van der Waals surface area contributed by atoms with Crippen molar-refractivity contribution in [1.82, 2.24) is 10.2 Å². The lowest BCUT2D eigenvalue weighted by molar-refractivity contribution is 0.102. The smallest absolute Gasteiger partial charge is 0.260 e. The van der Waals surface area contributed by atoms with Crippen molar-refractivity contribution in [3.05, 3.63) is 41.6 Å². The highest BCUT2D eigenvalue weighted by molar-refractivity contribution is 6.05.